The minimum Gasteiger partial charge on any atom is -0.310 e. The van der Waals surface area contributed by atoms with Gasteiger partial charge in [-0.05, 0) is 135 Å². The van der Waals surface area contributed by atoms with Crippen LogP contribution >= 0.6 is 0 Å². The first-order valence-electron chi connectivity index (χ1n) is 21.7. The van der Waals surface area contributed by atoms with E-state index in [4.69, 9.17) is 0 Å². The van der Waals surface area contributed by atoms with Crippen LogP contribution in [0.3, 0.4) is 0 Å². The average Bonchev–Trinajstić information content (AvgIpc) is 3.36. The molecule has 12 aromatic rings. The molecule has 0 amide bonds. The summed E-state index contributed by atoms with van der Waals surface area (Å²) in [4.78, 5) is 2.42. The molecular weight excluding hydrogens is 759 g/mol. The van der Waals surface area contributed by atoms with Gasteiger partial charge in [0, 0.05) is 16.9 Å². The van der Waals surface area contributed by atoms with E-state index in [2.05, 4.69) is 254 Å². The molecule has 1 nitrogen and oxygen atoms in total. The minimum atomic E-state index is 1.09. The predicted octanol–water partition coefficient (Wildman–Crippen LogP) is 17.6. The average molecular weight is 800 g/mol. The number of hydrogen-bond donors (Lipinski definition) is 0. The van der Waals surface area contributed by atoms with Gasteiger partial charge in [-0.25, -0.2) is 0 Å². The van der Waals surface area contributed by atoms with Crippen molar-refractivity contribution in [1.29, 1.82) is 0 Å². The summed E-state index contributed by atoms with van der Waals surface area (Å²) >= 11 is 0. The molecule has 0 unspecified atom stereocenters. The van der Waals surface area contributed by atoms with Gasteiger partial charge in [0.05, 0.1) is 5.69 Å². The van der Waals surface area contributed by atoms with E-state index in [1.807, 2.05) is 0 Å². The summed E-state index contributed by atoms with van der Waals surface area (Å²) < 4.78 is 0. The van der Waals surface area contributed by atoms with Crippen molar-refractivity contribution in [3.63, 3.8) is 0 Å². The lowest BCUT2D eigenvalue weighted by molar-refractivity contribution is 1.28. The highest BCUT2D eigenvalue weighted by Gasteiger charge is 2.20. The standard InChI is InChI=1S/C62H41N/c1-2-12-45(13-3-1)59-41-51(57-23-11-18-44-15-5-8-20-55(44)57)34-39-61(59)63(53-37-32-47(33-38-53)56-22-10-17-43-14-4-7-19-54(43)56)52-35-30-42(31-36-52)50-29-26-48-25-28-49-27-24-46-16-6-9-21-58(46)62(49)60(48)40-50/h1-41H. The molecular formula is C62H41N. The number of nitrogens with zero attached hydrogens (tertiary/aromatic N) is 1. The molecule has 0 aromatic heterocycles. The molecule has 0 atom stereocenters. The maximum Gasteiger partial charge on any atom is 0.0540 e. The SMILES string of the molecule is c1ccc(-c2cc(-c3cccc4ccccc34)ccc2N(c2ccc(-c3ccc4ccc5ccc6ccccc6c5c4c3)cc2)c2ccc(-c3cccc4ccccc34)cc2)cc1. The Morgan fingerprint density at radius 2 is 0.667 bits per heavy atom. The molecule has 0 fully saturated rings. The zero-order valence-corrected chi connectivity index (χ0v) is 34.6. The summed E-state index contributed by atoms with van der Waals surface area (Å²) in [6, 6.07) is 91.1. The van der Waals surface area contributed by atoms with E-state index in [-0.39, 0.29) is 0 Å². The highest BCUT2D eigenvalue weighted by Crippen LogP contribution is 2.45. The quantitative estimate of drug-likeness (QED) is 0.145. The van der Waals surface area contributed by atoms with Gasteiger partial charge < -0.3 is 4.90 Å². The van der Waals surface area contributed by atoms with Gasteiger partial charge in [-0.2, -0.15) is 0 Å². The number of anilines is 3. The molecule has 12 rings (SSSR count). The smallest absolute Gasteiger partial charge is 0.0540 e. The number of fused-ring (bicyclic) bond motifs is 7. The van der Waals surface area contributed by atoms with Gasteiger partial charge in [0.2, 0.25) is 0 Å². The molecule has 12 aromatic carbocycles. The first kappa shape index (κ1) is 36.6. The first-order chi connectivity index (χ1) is 31.2. The number of benzene rings is 12. The lowest BCUT2D eigenvalue weighted by Crippen LogP contribution is -2.11. The molecule has 294 valence electrons. The fourth-order valence-electron chi connectivity index (χ4n) is 9.73. The fraction of sp³-hybridized carbons (Fsp3) is 0. The van der Waals surface area contributed by atoms with Crippen LogP contribution < -0.4 is 4.90 Å². The molecule has 63 heavy (non-hydrogen) atoms. The molecule has 0 saturated heterocycles. The van der Waals surface area contributed by atoms with Crippen LogP contribution in [0.2, 0.25) is 0 Å². The molecule has 0 bridgehead atoms. The van der Waals surface area contributed by atoms with Gasteiger partial charge in [-0.15, -0.1) is 0 Å². The van der Waals surface area contributed by atoms with Crippen molar-refractivity contribution in [2.75, 3.05) is 4.90 Å². The molecule has 0 spiro atoms. The largest absolute Gasteiger partial charge is 0.310 e. The van der Waals surface area contributed by atoms with Crippen molar-refractivity contribution in [1.82, 2.24) is 0 Å². The summed E-state index contributed by atoms with van der Waals surface area (Å²) in [7, 11) is 0. The van der Waals surface area contributed by atoms with Crippen LogP contribution in [-0.2, 0) is 0 Å². The van der Waals surface area contributed by atoms with Gasteiger partial charge in [-0.1, -0.05) is 206 Å². The van der Waals surface area contributed by atoms with Crippen molar-refractivity contribution in [2.24, 2.45) is 0 Å². The minimum absolute atomic E-state index is 1.09. The zero-order valence-electron chi connectivity index (χ0n) is 34.6. The van der Waals surface area contributed by atoms with E-state index < -0.39 is 0 Å². The fourth-order valence-corrected chi connectivity index (χ4v) is 9.73. The van der Waals surface area contributed by atoms with Crippen LogP contribution in [0.1, 0.15) is 0 Å². The summed E-state index contributed by atoms with van der Waals surface area (Å²) in [5, 5.41) is 12.6. The topological polar surface area (TPSA) is 3.24 Å². The van der Waals surface area contributed by atoms with Gasteiger partial charge in [0.1, 0.15) is 0 Å². The molecule has 0 aliphatic rings. The van der Waals surface area contributed by atoms with E-state index in [9.17, 15) is 0 Å². The van der Waals surface area contributed by atoms with Crippen molar-refractivity contribution in [2.45, 2.75) is 0 Å². The maximum absolute atomic E-state index is 2.42. The van der Waals surface area contributed by atoms with Crippen LogP contribution in [0, 0.1) is 0 Å². The van der Waals surface area contributed by atoms with Gasteiger partial charge in [0.25, 0.3) is 0 Å². The molecule has 1 heteroatoms. The lowest BCUT2D eigenvalue weighted by Gasteiger charge is -2.29. The Kier molecular flexibility index (Phi) is 8.90. The van der Waals surface area contributed by atoms with Crippen molar-refractivity contribution < 1.29 is 0 Å². The second-order valence-corrected chi connectivity index (χ2v) is 16.5. The molecule has 0 N–H and O–H groups in total. The summed E-state index contributed by atoms with van der Waals surface area (Å²) in [6.07, 6.45) is 0. The van der Waals surface area contributed by atoms with Crippen LogP contribution in [0.15, 0.2) is 249 Å². The molecule has 0 saturated carbocycles. The molecule has 0 aliphatic heterocycles. The van der Waals surface area contributed by atoms with Gasteiger partial charge >= 0.3 is 0 Å². The van der Waals surface area contributed by atoms with E-state index in [1.165, 1.54) is 92.8 Å². The van der Waals surface area contributed by atoms with Crippen LogP contribution in [0.25, 0.3) is 98.4 Å². The Bertz CT molecular complexity index is 3640. The second-order valence-electron chi connectivity index (χ2n) is 16.5. The van der Waals surface area contributed by atoms with Crippen LogP contribution in [-0.4, -0.2) is 0 Å². The lowest BCUT2D eigenvalue weighted by atomic mass is 9.93. The summed E-state index contributed by atoms with van der Waals surface area (Å²) in [5.41, 5.74) is 12.8. The summed E-state index contributed by atoms with van der Waals surface area (Å²) in [5.74, 6) is 0. The molecule has 0 heterocycles. The molecule has 0 radical (unpaired) electrons. The van der Waals surface area contributed by atoms with E-state index in [0.29, 0.717) is 0 Å². The zero-order chi connectivity index (χ0) is 41.7. The van der Waals surface area contributed by atoms with Crippen LogP contribution in [0.4, 0.5) is 17.1 Å². The Balaban J connectivity index is 1.02. The number of hydrogen-bond acceptors (Lipinski definition) is 1. The van der Waals surface area contributed by atoms with E-state index in [1.54, 1.807) is 0 Å². The third kappa shape index (κ3) is 6.50. The van der Waals surface area contributed by atoms with Crippen molar-refractivity contribution >= 4 is 70.9 Å². The predicted molar refractivity (Wildman–Crippen MR) is 270 cm³/mol. The van der Waals surface area contributed by atoms with Crippen molar-refractivity contribution in [3.05, 3.63) is 249 Å². The third-order valence-electron chi connectivity index (χ3n) is 12.8. The molecule has 0 aliphatic carbocycles. The van der Waals surface area contributed by atoms with Crippen LogP contribution in [0.5, 0.6) is 0 Å². The third-order valence-corrected chi connectivity index (χ3v) is 12.8. The van der Waals surface area contributed by atoms with Gasteiger partial charge in [-0.3, -0.25) is 0 Å². The van der Waals surface area contributed by atoms with Crippen molar-refractivity contribution in [3.8, 4) is 44.5 Å². The van der Waals surface area contributed by atoms with E-state index >= 15 is 0 Å². The Hall–Kier alpha value is -8.26. The Labute approximate surface area is 367 Å². The van der Waals surface area contributed by atoms with Gasteiger partial charge in [0.15, 0.2) is 0 Å². The highest BCUT2D eigenvalue weighted by molar-refractivity contribution is 6.20. The summed E-state index contributed by atoms with van der Waals surface area (Å²) in [6.45, 7) is 0. The number of rotatable bonds is 7. The second kappa shape index (κ2) is 15.3. The Morgan fingerprint density at radius 1 is 0.222 bits per heavy atom. The first-order valence-corrected chi connectivity index (χ1v) is 21.7. The van der Waals surface area contributed by atoms with E-state index in [0.717, 1.165) is 22.6 Å². The highest BCUT2D eigenvalue weighted by atomic mass is 15.1. The Morgan fingerprint density at radius 3 is 1.32 bits per heavy atom. The monoisotopic (exact) mass is 799 g/mol. The normalized spacial score (nSPS) is 11.5. The maximum atomic E-state index is 2.42.